The van der Waals surface area contributed by atoms with Crippen molar-refractivity contribution in [1.82, 2.24) is 14.3 Å². The molecule has 1 aliphatic heterocycles. The minimum atomic E-state index is -0.251. The van der Waals surface area contributed by atoms with Crippen LogP contribution in [-0.2, 0) is 0 Å². The molecule has 0 atom stereocenters. The van der Waals surface area contributed by atoms with Crippen molar-refractivity contribution in [2.24, 2.45) is 0 Å². The van der Waals surface area contributed by atoms with Gasteiger partial charge in [0.1, 0.15) is 11.5 Å². The highest BCUT2D eigenvalue weighted by Crippen LogP contribution is 2.26. The fourth-order valence-corrected chi connectivity index (χ4v) is 3.97. The smallest absolute Gasteiger partial charge is 0.272 e. The maximum absolute atomic E-state index is 14.0. The number of rotatable bonds is 2. The number of aromatic nitrogens is 2. The minimum Gasteiger partial charge on any atom is -0.366 e. The molecule has 0 N–H and O–H groups in total. The molecule has 140 valence electrons. The van der Waals surface area contributed by atoms with Gasteiger partial charge in [0.05, 0.1) is 21.4 Å². The zero-order chi connectivity index (χ0) is 19.1. The summed E-state index contributed by atoms with van der Waals surface area (Å²) in [5.41, 5.74) is 2.12. The van der Waals surface area contributed by atoms with Crippen LogP contribution in [0.3, 0.4) is 0 Å². The average Bonchev–Trinajstić information content (AvgIpc) is 2.98. The molecule has 0 unspecified atom stereocenters. The van der Waals surface area contributed by atoms with Gasteiger partial charge in [0.25, 0.3) is 5.91 Å². The number of para-hydroxylation sites is 1. The van der Waals surface area contributed by atoms with E-state index in [0.29, 0.717) is 58.9 Å². The molecule has 5 nitrogen and oxygen atoms in total. The molecule has 1 saturated heterocycles. The second-order valence-electron chi connectivity index (χ2n) is 6.48. The first-order valence-corrected chi connectivity index (χ1v) is 9.34. The van der Waals surface area contributed by atoms with Crippen molar-refractivity contribution in [3.8, 4) is 0 Å². The molecule has 1 aromatic carbocycles. The number of pyridine rings is 1. The summed E-state index contributed by atoms with van der Waals surface area (Å²) in [6.45, 7) is 3.89. The fraction of sp³-hybridized carbons (Fsp3) is 0.263. The largest absolute Gasteiger partial charge is 0.366 e. The van der Waals surface area contributed by atoms with Crippen LogP contribution >= 0.6 is 23.2 Å². The molecule has 3 aromatic rings. The fourth-order valence-electron chi connectivity index (χ4n) is 3.45. The van der Waals surface area contributed by atoms with E-state index in [9.17, 15) is 9.18 Å². The first kappa shape index (κ1) is 18.1. The molecule has 2 aromatic heterocycles. The Bertz CT molecular complexity index is 1030. The van der Waals surface area contributed by atoms with E-state index in [1.54, 1.807) is 40.6 Å². The topological polar surface area (TPSA) is 40.9 Å². The number of halogens is 3. The Morgan fingerprint density at radius 3 is 2.56 bits per heavy atom. The standard InChI is InChI=1S/C19H17Cl2FN4O/c1-12-17(26-11-13(20)10-14(21)18(26)23-12)19(27)25-8-6-24(7-9-25)16-5-3-2-4-15(16)22/h2-5,10-11H,6-9H2,1H3. The molecule has 0 saturated carbocycles. The minimum absolute atomic E-state index is 0.133. The van der Waals surface area contributed by atoms with Crippen molar-refractivity contribution in [2.45, 2.75) is 6.92 Å². The van der Waals surface area contributed by atoms with E-state index in [1.807, 2.05) is 11.0 Å². The van der Waals surface area contributed by atoms with E-state index in [-0.39, 0.29) is 11.7 Å². The Morgan fingerprint density at radius 2 is 1.85 bits per heavy atom. The van der Waals surface area contributed by atoms with Crippen molar-refractivity contribution in [3.05, 3.63) is 63.8 Å². The third kappa shape index (κ3) is 3.24. The highest BCUT2D eigenvalue weighted by atomic mass is 35.5. The lowest BCUT2D eigenvalue weighted by Gasteiger charge is -2.36. The van der Waals surface area contributed by atoms with Gasteiger partial charge in [-0.3, -0.25) is 9.20 Å². The number of fused-ring (bicyclic) bond motifs is 1. The van der Waals surface area contributed by atoms with Crippen molar-refractivity contribution >= 4 is 40.4 Å². The molecular weight excluding hydrogens is 390 g/mol. The summed E-state index contributed by atoms with van der Waals surface area (Å²) in [6.07, 6.45) is 1.64. The number of benzene rings is 1. The van der Waals surface area contributed by atoms with Crippen LogP contribution in [0.1, 0.15) is 16.2 Å². The summed E-state index contributed by atoms with van der Waals surface area (Å²) in [4.78, 5) is 21.2. The van der Waals surface area contributed by atoms with Gasteiger partial charge in [-0.25, -0.2) is 9.37 Å². The Hall–Kier alpha value is -2.31. The molecule has 0 bridgehead atoms. The predicted molar refractivity (Wildman–Crippen MR) is 104 cm³/mol. The Balaban J connectivity index is 1.58. The zero-order valence-corrected chi connectivity index (χ0v) is 16.1. The molecule has 0 spiro atoms. The van der Waals surface area contributed by atoms with Crippen molar-refractivity contribution < 1.29 is 9.18 Å². The van der Waals surface area contributed by atoms with Crippen molar-refractivity contribution in [1.29, 1.82) is 0 Å². The molecule has 1 fully saturated rings. The van der Waals surface area contributed by atoms with Gasteiger partial charge in [0.2, 0.25) is 0 Å². The number of nitrogens with zero attached hydrogens (tertiary/aromatic N) is 4. The third-order valence-corrected chi connectivity index (χ3v) is 5.26. The number of carbonyl (C=O) groups excluding carboxylic acids is 1. The van der Waals surface area contributed by atoms with Crippen LogP contribution in [0, 0.1) is 12.7 Å². The molecule has 27 heavy (non-hydrogen) atoms. The molecule has 0 radical (unpaired) electrons. The number of hydrogen-bond donors (Lipinski definition) is 0. The first-order chi connectivity index (χ1) is 13.0. The second kappa shape index (κ2) is 7.02. The van der Waals surface area contributed by atoms with Gasteiger partial charge in [0.15, 0.2) is 5.65 Å². The van der Waals surface area contributed by atoms with E-state index in [2.05, 4.69) is 4.98 Å². The van der Waals surface area contributed by atoms with Crippen LogP contribution in [0.2, 0.25) is 10.0 Å². The maximum Gasteiger partial charge on any atom is 0.272 e. The Morgan fingerprint density at radius 1 is 1.15 bits per heavy atom. The molecule has 1 amide bonds. The second-order valence-corrected chi connectivity index (χ2v) is 7.32. The molecule has 4 rings (SSSR count). The van der Waals surface area contributed by atoms with Crippen LogP contribution < -0.4 is 4.90 Å². The van der Waals surface area contributed by atoms with Gasteiger partial charge in [-0.2, -0.15) is 0 Å². The number of anilines is 1. The average molecular weight is 407 g/mol. The summed E-state index contributed by atoms with van der Waals surface area (Å²) in [5, 5.41) is 0.831. The van der Waals surface area contributed by atoms with Gasteiger partial charge in [-0.1, -0.05) is 35.3 Å². The van der Waals surface area contributed by atoms with E-state index in [4.69, 9.17) is 23.2 Å². The number of aryl methyl sites for hydroxylation is 1. The summed E-state index contributed by atoms with van der Waals surface area (Å²) in [7, 11) is 0. The number of imidazole rings is 1. The summed E-state index contributed by atoms with van der Waals surface area (Å²) in [6, 6.07) is 8.29. The lowest BCUT2D eigenvalue weighted by molar-refractivity contribution is 0.0739. The van der Waals surface area contributed by atoms with Gasteiger partial charge in [-0.05, 0) is 25.1 Å². The molecule has 0 aliphatic carbocycles. The molecular formula is C19H17Cl2FN4O. The van der Waals surface area contributed by atoms with Crippen molar-refractivity contribution in [2.75, 3.05) is 31.1 Å². The van der Waals surface area contributed by atoms with E-state index in [0.717, 1.165) is 0 Å². The van der Waals surface area contributed by atoms with Crippen molar-refractivity contribution in [3.63, 3.8) is 0 Å². The SMILES string of the molecule is Cc1nc2c(Cl)cc(Cl)cn2c1C(=O)N1CCN(c2ccccc2F)CC1. The Labute approximate surface area is 165 Å². The first-order valence-electron chi connectivity index (χ1n) is 8.58. The van der Waals surface area contributed by atoms with Gasteiger partial charge in [0, 0.05) is 32.4 Å². The predicted octanol–water partition coefficient (Wildman–Crippen LogP) is 4.05. The van der Waals surface area contributed by atoms with Gasteiger partial charge >= 0.3 is 0 Å². The molecule has 3 heterocycles. The summed E-state index contributed by atoms with van der Waals surface area (Å²) >= 11 is 12.3. The highest BCUT2D eigenvalue weighted by Gasteiger charge is 2.27. The van der Waals surface area contributed by atoms with Crippen LogP contribution in [0.5, 0.6) is 0 Å². The lowest BCUT2D eigenvalue weighted by Crippen LogP contribution is -2.49. The normalized spacial score (nSPS) is 14.8. The maximum atomic E-state index is 14.0. The van der Waals surface area contributed by atoms with Gasteiger partial charge in [-0.15, -0.1) is 0 Å². The summed E-state index contributed by atoms with van der Waals surface area (Å²) < 4.78 is 15.6. The lowest BCUT2D eigenvalue weighted by atomic mass is 10.2. The zero-order valence-electron chi connectivity index (χ0n) is 14.6. The number of carbonyl (C=O) groups is 1. The van der Waals surface area contributed by atoms with E-state index in [1.165, 1.54) is 6.07 Å². The summed E-state index contributed by atoms with van der Waals surface area (Å²) in [5.74, 6) is -0.384. The van der Waals surface area contributed by atoms with Crippen LogP contribution in [-0.4, -0.2) is 46.4 Å². The highest BCUT2D eigenvalue weighted by molar-refractivity contribution is 6.36. The molecule has 8 heteroatoms. The van der Waals surface area contributed by atoms with Crippen LogP contribution in [0.25, 0.3) is 5.65 Å². The van der Waals surface area contributed by atoms with E-state index >= 15 is 0 Å². The van der Waals surface area contributed by atoms with Gasteiger partial charge < -0.3 is 9.80 Å². The number of piperazine rings is 1. The number of hydrogen-bond acceptors (Lipinski definition) is 3. The quantitative estimate of drug-likeness (QED) is 0.644. The molecule has 1 aliphatic rings. The third-order valence-electron chi connectivity index (χ3n) is 4.78. The monoisotopic (exact) mass is 406 g/mol. The Kier molecular flexibility index (Phi) is 4.70. The van der Waals surface area contributed by atoms with Crippen LogP contribution in [0.15, 0.2) is 36.5 Å². The van der Waals surface area contributed by atoms with E-state index < -0.39 is 0 Å². The number of amides is 1. The van der Waals surface area contributed by atoms with Crippen LogP contribution in [0.4, 0.5) is 10.1 Å².